The Kier molecular flexibility index (Phi) is 6.32. The maximum absolute atomic E-state index is 12.5. The van der Waals surface area contributed by atoms with Gasteiger partial charge in [-0.15, -0.1) is 0 Å². The molecule has 0 spiro atoms. The van der Waals surface area contributed by atoms with E-state index in [0.717, 1.165) is 24.8 Å². The van der Waals surface area contributed by atoms with Gasteiger partial charge in [0.05, 0.1) is 15.6 Å². The van der Waals surface area contributed by atoms with Gasteiger partial charge in [-0.3, -0.25) is 14.9 Å². The molecule has 1 aliphatic rings. The van der Waals surface area contributed by atoms with Crippen molar-refractivity contribution in [2.75, 3.05) is 36.4 Å². The van der Waals surface area contributed by atoms with Gasteiger partial charge in [0.15, 0.2) is 0 Å². The summed E-state index contributed by atoms with van der Waals surface area (Å²) in [6.07, 6.45) is 1.52. The number of hydrogen-bond donors (Lipinski definition) is 1. The number of para-hydroxylation sites is 1. The van der Waals surface area contributed by atoms with Gasteiger partial charge in [-0.2, -0.15) is 5.26 Å². The molecule has 1 aliphatic heterocycles. The number of nitrogens with one attached hydrogen (secondary N) is 1. The fraction of sp³-hybridized carbons (Fsp3) is 0.200. The highest BCUT2D eigenvalue weighted by Crippen LogP contribution is 2.27. The zero-order valence-electron chi connectivity index (χ0n) is 15.4. The van der Waals surface area contributed by atoms with Crippen LogP contribution in [0.4, 0.5) is 17.1 Å². The maximum atomic E-state index is 12.5. The Labute approximate surface area is 172 Å². The lowest BCUT2D eigenvalue weighted by Crippen LogP contribution is -2.44. The van der Waals surface area contributed by atoms with Crippen LogP contribution in [0.5, 0.6) is 0 Å². The van der Waals surface area contributed by atoms with Crippen molar-refractivity contribution < 1.29 is 9.72 Å². The highest BCUT2D eigenvalue weighted by atomic mass is 35.5. The van der Waals surface area contributed by atoms with E-state index in [4.69, 9.17) is 11.6 Å². The predicted molar refractivity (Wildman–Crippen MR) is 111 cm³/mol. The Hall–Kier alpha value is -3.57. The second kappa shape index (κ2) is 9.08. The summed E-state index contributed by atoms with van der Waals surface area (Å²) in [5.41, 5.74) is 0.917. The third kappa shape index (κ3) is 5.03. The fourth-order valence-corrected chi connectivity index (χ4v) is 3.15. The lowest BCUT2D eigenvalue weighted by atomic mass is 10.2. The molecule has 1 saturated heterocycles. The lowest BCUT2D eigenvalue weighted by molar-refractivity contribution is -0.384. The van der Waals surface area contributed by atoms with Gasteiger partial charge in [0.2, 0.25) is 0 Å². The number of amides is 1. The van der Waals surface area contributed by atoms with Gasteiger partial charge in [0.1, 0.15) is 11.6 Å². The molecular formula is C20H18ClN5O3. The van der Waals surface area contributed by atoms with Gasteiger partial charge >= 0.3 is 0 Å². The molecule has 1 heterocycles. The molecule has 1 fully saturated rings. The SMILES string of the molecule is N#C/C(=C/N1CCN(c2ccccc2)CC1)C(=O)Nc1cc([N+](=O)[O-])ccc1Cl. The summed E-state index contributed by atoms with van der Waals surface area (Å²) in [5, 5.41) is 22.9. The number of carbonyl (C=O) groups excluding carboxylic acids is 1. The van der Waals surface area contributed by atoms with E-state index in [0.29, 0.717) is 13.1 Å². The molecule has 0 saturated carbocycles. The van der Waals surface area contributed by atoms with Crippen LogP contribution in [0, 0.1) is 21.4 Å². The van der Waals surface area contributed by atoms with Crippen molar-refractivity contribution in [3.8, 4) is 6.07 Å². The number of piperazine rings is 1. The number of non-ortho nitro benzene ring substituents is 1. The topological polar surface area (TPSA) is 103 Å². The van der Waals surface area contributed by atoms with Crippen molar-refractivity contribution in [1.29, 1.82) is 5.26 Å². The summed E-state index contributed by atoms with van der Waals surface area (Å²) < 4.78 is 0. The number of hydrogen-bond acceptors (Lipinski definition) is 6. The van der Waals surface area contributed by atoms with Crippen LogP contribution in [-0.2, 0) is 4.79 Å². The van der Waals surface area contributed by atoms with Crippen molar-refractivity contribution in [3.05, 3.63) is 75.4 Å². The summed E-state index contributed by atoms with van der Waals surface area (Å²) in [6.45, 7) is 2.84. The van der Waals surface area contributed by atoms with E-state index < -0.39 is 10.8 Å². The van der Waals surface area contributed by atoms with Gasteiger partial charge in [-0.05, 0) is 18.2 Å². The van der Waals surface area contributed by atoms with Gasteiger partial charge in [0.25, 0.3) is 11.6 Å². The molecule has 0 aliphatic carbocycles. The van der Waals surface area contributed by atoms with E-state index in [1.165, 1.54) is 18.3 Å². The molecule has 1 N–H and O–H groups in total. The van der Waals surface area contributed by atoms with Crippen LogP contribution in [0.15, 0.2) is 60.3 Å². The molecule has 0 unspecified atom stereocenters. The summed E-state index contributed by atoms with van der Waals surface area (Å²) in [5.74, 6) is -0.666. The average Bonchev–Trinajstić information content (AvgIpc) is 2.74. The van der Waals surface area contributed by atoms with Gasteiger partial charge in [-0.1, -0.05) is 29.8 Å². The summed E-state index contributed by atoms with van der Waals surface area (Å²) in [6, 6.07) is 15.6. The zero-order chi connectivity index (χ0) is 20.8. The van der Waals surface area contributed by atoms with Crippen LogP contribution < -0.4 is 10.2 Å². The molecule has 0 aromatic heterocycles. The largest absolute Gasteiger partial charge is 0.373 e. The van der Waals surface area contributed by atoms with Gasteiger partial charge in [-0.25, -0.2) is 0 Å². The van der Waals surface area contributed by atoms with Crippen molar-refractivity contribution in [3.63, 3.8) is 0 Å². The van der Waals surface area contributed by atoms with E-state index in [1.807, 2.05) is 41.3 Å². The second-order valence-electron chi connectivity index (χ2n) is 6.39. The highest BCUT2D eigenvalue weighted by Gasteiger charge is 2.19. The Morgan fingerprint density at radius 2 is 1.86 bits per heavy atom. The number of nitrogens with zero attached hydrogens (tertiary/aromatic N) is 4. The first-order valence-electron chi connectivity index (χ1n) is 8.89. The normalized spacial score (nSPS) is 14.3. The quantitative estimate of drug-likeness (QED) is 0.350. The number of benzene rings is 2. The Morgan fingerprint density at radius 3 is 2.48 bits per heavy atom. The first-order valence-corrected chi connectivity index (χ1v) is 9.27. The molecule has 0 bridgehead atoms. The van der Waals surface area contributed by atoms with Gasteiger partial charge in [0, 0.05) is 50.2 Å². The Bertz CT molecular complexity index is 979. The molecule has 0 radical (unpaired) electrons. The number of rotatable bonds is 5. The van der Waals surface area contributed by atoms with Crippen LogP contribution >= 0.6 is 11.6 Å². The number of nitro benzene ring substituents is 1. The minimum atomic E-state index is -0.666. The molecule has 1 amide bonds. The minimum absolute atomic E-state index is 0.0842. The van der Waals surface area contributed by atoms with Crippen molar-refractivity contribution >= 4 is 34.6 Å². The van der Waals surface area contributed by atoms with E-state index in [9.17, 15) is 20.2 Å². The van der Waals surface area contributed by atoms with E-state index in [-0.39, 0.29) is 22.0 Å². The second-order valence-corrected chi connectivity index (χ2v) is 6.80. The summed E-state index contributed by atoms with van der Waals surface area (Å²) in [7, 11) is 0. The van der Waals surface area contributed by atoms with Crippen molar-refractivity contribution in [2.45, 2.75) is 0 Å². The van der Waals surface area contributed by atoms with Gasteiger partial charge < -0.3 is 15.1 Å². The van der Waals surface area contributed by atoms with E-state index in [1.54, 1.807) is 0 Å². The predicted octanol–water partition coefficient (Wildman–Crippen LogP) is 3.42. The molecule has 2 aromatic rings. The molecule has 2 aromatic carbocycles. The van der Waals surface area contributed by atoms with Crippen LogP contribution in [-0.4, -0.2) is 41.9 Å². The smallest absolute Gasteiger partial charge is 0.271 e. The number of halogens is 1. The first-order chi connectivity index (χ1) is 14.0. The summed E-state index contributed by atoms with van der Waals surface area (Å²) >= 11 is 6.00. The maximum Gasteiger partial charge on any atom is 0.271 e. The fourth-order valence-electron chi connectivity index (χ4n) is 2.98. The number of nitriles is 1. The van der Waals surface area contributed by atoms with Crippen LogP contribution in [0.3, 0.4) is 0 Å². The number of carbonyl (C=O) groups is 1. The van der Waals surface area contributed by atoms with Crippen molar-refractivity contribution in [2.24, 2.45) is 0 Å². The highest BCUT2D eigenvalue weighted by molar-refractivity contribution is 6.34. The van der Waals surface area contributed by atoms with E-state index in [2.05, 4.69) is 10.2 Å². The summed E-state index contributed by atoms with van der Waals surface area (Å²) in [4.78, 5) is 26.9. The molecule has 29 heavy (non-hydrogen) atoms. The minimum Gasteiger partial charge on any atom is -0.373 e. The molecule has 9 heteroatoms. The lowest BCUT2D eigenvalue weighted by Gasteiger charge is -2.35. The van der Waals surface area contributed by atoms with Crippen LogP contribution in [0.25, 0.3) is 0 Å². The Balaban J connectivity index is 1.66. The average molecular weight is 412 g/mol. The van der Waals surface area contributed by atoms with Crippen molar-refractivity contribution in [1.82, 2.24) is 4.90 Å². The third-order valence-electron chi connectivity index (χ3n) is 4.52. The molecule has 3 rings (SSSR count). The van der Waals surface area contributed by atoms with Crippen LogP contribution in [0.1, 0.15) is 0 Å². The molecule has 148 valence electrons. The first kappa shape index (κ1) is 20.2. The number of nitro groups is 1. The third-order valence-corrected chi connectivity index (χ3v) is 4.85. The molecule has 8 nitrogen and oxygen atoms in total. The standard InChI is InChI=1S/C20H18ClN5O3/c21-18-7-6-17(26(28)29)12-19(18)23-20(27)15(13-22)14-24-8-10-25(11-9-24)16-4-2-1-3-5-16/h1-7,12,14H,8-11H2,(H,23,27)/b15-14-. The molecule has 0 atom stereocenters. The zero-order valence-corrected chi connectivity index (χ0v) is 16.2. The number of anilines is 2. The van der Waals surface area contributed by atoms with Crippen LogP contribution in [0.2, 0.25) is 5.02 Å². The Morgan fingerprint density at radius 1 is 1.17 bits per heavy atom. The monoisotopic (exact) mass is 411 g/mol. The van der Waals surface area contributed by atoms with E-state index >= 15 is 0 Å². The molecular weight excluding hydrogens is 394 g/mol.